The minimum absolute atomic E-state index is 0.0764. The molecule has 2 N–H and O–H groups in total. The highest BCUT2D eigenvalue weighted by atomic mass is 16.4. The second kappa shape index (κ2) is 6.74. The van der Waals surface area contributed by atoms with Gasteiger partial charge in [0.15, 0.2) is 0 Å². The molecule has 0 saturated heterocycles. The minimum atomic E-state index is -0.856. The summed E-state index contributed by atoms with van der Waals surface area (Å²) < 4.78 is 1.75. The average molecular weight is 293 g/mol. The molecule has 4 atom stereocenters. The molecular weight excluding hydrogens is 270 g/mol. The van der Waals surface area contributed by atoms with Crippen LogP contribution in [0.5, 0.6) is 0 Å². The minimum Gasteiger partial charge on any atom is -0.481 e. The van der Waals surface area contributed by atoms with Crippen LogP contribution < -0.4 is 5.32 Å². The SMILES string of the molecule is CCC1C[C@H](C(=O)NC(C)Cn2cccn2)[C@H](C(=O)O)C1. The summed E-state index contributed by atoms with van der Waals surface area (Å²) in [4.78, 5) is 23.7. The van der Waals surface area contributed by atoms with Gasteiger partial charge in [0.25, 0.3) is 0 Å². The Balaban J connectivity index is 1.93. The largest absolute Gasteiger partial charge is 0.481 e. The highest BCUT2D eigenvalue weighted by molar-refractivity contribution is 5.85. The highest BCUT2D eigenvalue weighted by Crippen LogP contribution is 2.38. The lowest BCUT2D eigenvalue weighted by atomic mass is 9.95. The Labute approximate surface area is 124 Å². The van der Waals surface area contributed by atoms with E-state index in [1.807, 2.05) is 26.1 Å². The van der Waals surface area contributed by atoms with E-state index in [-0.39, 0.29) is 11.9 Å². The lowest BCUT2D eigenvalue weighted by Crippen LogP contribution is -2.41. The van der Waals surface area contributed by atoms with Gasteiger partial charge in [-0.1, -0.05) is 13.3 Å². The molecule has 1 aromatic heterocycles. The number of nitrogens with zero attached hydrogens (tertiary/aromatic N) is 2. The molecular formula is C15H23N3O3. The first-order valence-corrected chi connectivity index (χ1v) is 7.51. The van der Waals surface area contributed by atoms with E-state index < -0.39 is 17.8 Å². The molecule has 1 saturated carbocycles. The number of carbonyl (C=O) groups excluding carboxylic acids is 1. The first-order valence-electron chi connectivity index (χ1n) is 7.51. The molecule has 1 aliphatic carbocycles. The van der Waals surface area contributed by atoms with Gasteiger partial charge in [-0.2, -0.15) is 5.10 Å². The van der Waals surface area contributed by atoms with Crippen LogP contribution in [0.3, 0.4) is 0 Å². The predicted molar refractivity (Wildman–Crippen MR) is 77.5 cm³/mol. The van der Waals surface area contributed by atoms with E-state index in [1.54, 1.807) is 10.9 Å². The third-order valence-corrected chi connectivity index (χ3v) is 4.30. The van der Waals surface area contributed by atoms with Crippen molar-refractivity contribution in [3.8, 4) is 0 Å². The molecule has 116 valence electrons. The second-order valence-electron chi connectivity index (χ2n) is 5.93. The van der Waals surface area contributed by atoms with Crippen LogP contribution in [0.25, 0.3) is 0 Å². The number of carboxylic acid groups (broad SMARTS) is 1. The van der Waals surface area contributed by atoms with Gasteiger partial charge in [-0.15, -0.1) is 0 Å². The van der Waals surface area contributed by atoms with E-state index >= 15 is 0 Å². The zero-order chi connectivity index (χ0) is 15.4. The van der Waals surface area contributed by atoms with Crippen LogP contribution in [0.4, 0.5) is 0 Å². The Morgan fingerprint density at radius 1 is 1.43 bits per heavy atom. The molecule has 21 heavy (non-hydrogen) atoms. The van der Waals surface area contributed by atoms with Gasteiger partial charge in [-0.05, 0) is 31.7 Å². The Hall–Kier alpha value is -1.85. The topological polar surface area (TPSA) is 84.2 Å². The summed E-state index contributed by atoms with van der Waals surface area (Å²) in [5, 5.41) is 16.3. The molecule has 6 heteroatoms. The Morgan fingerprint density at radius 3 is 2.71 bits per heavy atom. The van der Waals surface area contributed by atoms with Crippen LogP contribution in [0.2, 0.25) is 0 Å². The van der Waals surface area contributed by atoms with E-state index in [4.69, 9.17) is 0 Å². The molecule has 0 aliphatic heterocycles. The highest BCUT2D eigenvalue weighted by Gasteiger charge is 2.42. The molecule has 6 nitrogen and oxygen atoms in total. The van der Waals surface area contributed by atoms with E-state index in [0.717, 1.165) is 6.42 Å². The van der Waals surface area contributed by atoms with E-state index in [0.29, 0.717) is 25.3 Å². The monoisotopic (exact) mass is 293 g/mol. The molecule has 2 unspecified atom stereocenters. The lowest BCUT2D eigenvalue weighted by Gasteiger charge is -2.19. The second-order valence-corrected chi connectivity index (χ2v) is 5.93. The molecule has 2 rings (SSSR count). The summed E-state index contributed by atoms with van der Waals surface area (Å²) in [6.45, 7) is 4.53. The summed E-state index contributed by atoms with van der Waals surface area (Å²) >= 11 is 0. The van der Waals surface area contributed by atoms with Crippen molar-refractivity contribution < 1.29 is 14.7 Å². The fourth-order valence-electron chi connectivity index (χ4n) is 3.12. The summed E-state index contributed by atoms with van der Waals surface area (Å²) in [6, 6.07) is 1.75. The van der Waals surface area contributed by atoms with Crippen molar-refractivity contribution in [3.63, 3.8) is 0 Å². The van der Waals surface area contributed by atoms with Gasteiger partial charge in [0, 0.05) is 18.4 Å². The molecule has 0 spiro atoms. The maximum Gasteiger partial charge on any atom is 0.307 e. The first kappa shape index (κ1) is 15.5. The van der Waals surface area contributed by atoms with Crippen molar-refractivity contribution in [2.45, 2.75) is 45.7 Å². The third kappa shape index (κ3) is 3.83. The van der Waals surface area contributed by atoms with Crippen molar-refractivity contribution in [2.24, 2.45) is 17.8 Å². The zero-order valence-electron chi connectivity index (χ0n) is 12.5. The maximum absolute atomic E-state index is 12.4. The summed E-state index contributed by atoms with van der Waals surface area (Å²) in [5.74, 6) is -1.62. The average Bonchev–Trinajstić information content (AvgIpc) is 3.06. The van der Waals surface area contributed by atoms with Crippen LogP contribution in [-0.2, 0) is 16.1 Å². The summed E-state index contributed by atoms with van der Waals surface area (Å²) in [6.07, 6.45) is 5.74. The Bertz CT molecular complexity index is 486. The number of aliphatic carboxylic acids is 1. The van der Waals surface area contributed by atoms with Gasteiger partial charge in [-0.3, -0.25) is 14.3 Å². The lowest BCUT2D eigenvalue weighted by molar-refractivity contribution is -0.146. The first-order chi connectivity index (χ1) is 10.0. The van der Waals surface area contributed by atoms with Crippen LogP contribution >= 0.6 is 0 Å². The number of carbonyl (C=O) groups is 2. The van der Waals surface area contributed by atoms with Crippen molar-refractivity contribution in [2.75, 3.05) is 0 Å². The summed E-state index contributed by atoms with van der Waals surface area (Å²) in [5.41, 5.74) is 0. The standard InChI is InChI=1S/C15H23N3O3/c1-3-11-7-12(13(8-11)15(20)21)14(19)17-10(2)9-18-6-4-5-16-18/h4-6,10-13H,3,7-9H2,1-2H3,(H,17,19)(H,20,21)/t10?,11?,12-,13+/m0/s1. The predicted octanol–water partition coefficient (Wildman–Crippen LogP) is 1.52. The molecule has 0 aromatic carbocycles. The van der Waals surface area contributed by atoms with Crippen LogP contribution in [0.15, 0.2) is 18.5 Å². The third-order valence-electron chi connectivity index (χ3n) is 4.30. The van der Waals surface area contributed by atoms with Gasteiger partial charge in [0.05, 0.1) is 18.4 Å². The van der Waals surface area contributed by atoms with Gasteiger partial charge in [-0.25, -0.2) is 0 Å². The number of hydrogen-bond donors (Lipinski definition) is 2. The quantitative estimate of drug-likeness (QED) is 0.833. The van der Waals surface area contributed by atoms with Crippen molar-refractivity contribution in [1.82, 2.24) is 15.1 Å². The molecule has 1 aromatic rings. The Kier molecular flexibility index (Phi) is 4.98. The number of carboxylic acids is 1. The van der Waals surface area contributed by atoms with Gasteiger partial charge >= 0.3 is 5.97 Å². The van der Waals surface area contributed by atoms with Gasteiger partial charge in [0.2, 0.25) is 5.91 Å². The molecule has 1 amide bonds. The fourth-order valence-corrected chi connectivity index (χ4v) is 3.12. The van der Waals surface area contributed by atoms with Gasteiger partial charge in [0.1, 0.15) is 0 Å². The van der Waals surface area contributed by atoms with E-state index in [9.17, 15) is 14.7 Å². The molecule has 1 heterocycles. The van der Waals surface area contributed by atoms with E-state index in [2.05, 4.69) is 10.4 Å². The number of amides is 1. The van der Waals surface area contributed by atoms with Crippen molar-refractivity contribution in [3.05, 3.63) is 18.5 Å². The molecule has 0 bridgehead atoms. The fraction of sp³-hybridized carbons (Fsp3) is 0.667. The zero-order valence-corrected chi connectivity index (χ0v) is 12.5. The molecule has 1 aliphatic rings. The Morgan fingerprint density at radius 2 is 2.14 bits per heavy atom. The smallest absolute Gasteiger partial charge is 0.307 e. The maximum atomic E-state index is 12.4. The normalized spacial score (nSPS) is 26.5. The number of nitrogens with one attached hydrogen (secondary N) is 1. The number of aromatic nitrogens is 2. The van der Waals surface area contributed by atoms with Crippen molar-refractivity contribution >= 4 is 11.9 Å². The number of rotatable bonds is 6. The van der Waals surface area contributed by atoms with Crippen LogP contribution in [0.1, 0.15) is 33.1 Å². The van der Waals surface area contributed by atoms with Crippen LogP contribution in [0, 0.1) is 17.8 Å². The number of hydrogen-bond acceptors (Lipinski definition) is 3. The van der Waals surface area contributed by atoms with Crippen molar-refractivity contribution in [1.29, 1.82) is 0 Å². The van der Waals surface area contributed by atoms with E-state index in [1.165, 1.54) is 0 Å². The molecule has 0 radical (unpaired) electrons. The molecule has 1 fully saturated rings. The van der Waals surface area contributed by atoms with Crippen LogP contribution in [-0.4, -0.2) is 32.8 Å². The summed E-state index contributed by atoms with van der Waals surface area (Å²) in [7, 11) is 0. The van der Waals surface area contributed by atoms with Gasteiger partial charge < -0.3 is 10.4 Å².